The maximum atomic E-state index is 12.7. The molecule has 0 radical (unpaired) electrons. The second kappa shape index (κ2) is 7.93. The van der Waals surface area contributed by atoms with E-state index in [9.17, 15) is 4.79 Å². The van der Waals surface area contributed by atoms with Crippen molar-refractivity contribution in [3.63, 3.8) is 0 Å². The molecule has 0 aliphatic carbocycles. The topological polar surface area (TPSA) is 73.0 Å². The number of hydrogen-bond donors (Lipinski definition) is 1. The van der Waals surface area contributed by atoms with Crippen LogP contribution in [0, 0.1) is 13.8 Å². The summed E-state index contributed by atoms with van der Waals surface area (Å²) < 4.78 is 7.40. The van der Waals surface area contributed by atoms with Crippen LogP contribution in [0.4, 0.5) is 5.82 Å². The largest absolute Gasteiger partial charge is 0.441 e. The highest BCUT2D eigenvalue weighted by Gasteiger charge is 2.17. The summed E-state index contributed by atoms with van der Waals surface area (Å²) in [5.74, 6) is 1.49. The van der Waals surface area contributed by atoms with Crippen LogP contribution in [0.1, 0.15) is 17.1 Å². The first kappa shape index (κ1) is 19.0. The maximum absolute atomic E-state index is 12.7. The van der Waals surface area contributed by atoms with Crippen LogP contribution in [-0.2, 0) is 11.2 Å². The number of nitrogens with zero attached hydrogens (tertiary/aromatic N) is 3. The van der Waals surface area contributed by atoms with Crippen molar-refractivity contribution in [3.8, 4) is 17.1 Å². The highest BCUT2D eigenvalue weighted by molar-refractivity contribution is 6.30. The van der Waals surface area contributed by atoms with E-state index in [0.29, 0.717) is 28.2 Å². The molecule has 4 aromatic rings. The highest BCUT2D eigenvalue weighted by atomic mass is 35.5. The van der Waals surface area contributed by atoms with Crippen molar-refractivity contribution in [2.45, 2.75) is 20.3 Å². The first-order valence-electron chi connectivity index (χ1n) is 9.14. The van der Waals surface area contributed by atoms with Gasteiger partial charge in [0.05, 0.1) is 23.5 Å². The molecule has 146 valence electrons. The molecule has 0 fully saturated rings. The zero-order chi connectivity index (χ0) is 20.4. The van der Waals surface area contributed by atoms with Crippen molar-refractivity contribution in [2.75, 3.05) is 5.32 Å². The molecule has 2 aromatic carbocycles. The predicted octanol–water partition coefficient (Wildman–Crippen LogP) is 4.98. The van der Waals surface area contributed by atoms with Gasteiger partial charge in [-0.25, -0.2) is 9.67 Å². The van der Waals surface area contributed by atoms with E-state index in [1.807, 2.05) is 62.4 Å². The Hall–Kier alpha value is -3.38. The van der Waals surface area contributed by atoms with Crippen molar-refractivity contribution >= 4 is 23.3 Å². The minimum atomic E-state index is -0.204. The summed E-state index contributed by atoms with van der Waals surface area (Å²) in [7, 11) is 0. The lowest BCUT2D eigenvalue weighted by molar-refractivity contribution is -0.115. The Morgan fingerprint density at radius 1 is 1.10 bits per heavy atom. The van der Waals surface area contributed by atoms with E-state index in [0.717, 1.165) is 16.9 Å². The Bertz CT molecular complexity index is 1160. The standard InChI is InChI=1S/C22H19ClN4O2/c1-14-11-20(27(26-14)18-10-6-9-17(23)12-18)25-21(28)13-19-15(2)29-22(24-19)16-7-4-3-5-8-16/h3-12H,13H2,1-2H3,(H,25,28). The molecule has 0 spiro atoms. The average Bonchev–Trinajstić information content (AvgIpc) is 3.25. The highest BCUT2D eigenvalue weighted by Crippen LogP contribution is 2.23. The Kier molecular flexibility index (Phi) is 5.18. The summed E-state index contributed by atoms with van der Waals surface area (Å²) in [6.45, 7) is 3.67. The van der Waals surface area contributed by atoms with Crippen LogP contribution in [0.3, 0.4) is 0 Å². The molecule has 2 aromatic heterocycles. The summed E-state index contributed by atoms with van der Waals surface area (Å²) in [6.07, 6.45) is 0.0991. The average molecular weight is 407 g/mol. The van der Waals surface area contributed by atoms with Gasteiger partial charge in [0.25, 0.3) is 0 Å². The summed E-state index contributed by atoms with van der Waals surface area (Å²) >= 11 is 6.09. The van der Waals surface area contributed by atoms with Crippen molar-refractivity contribution in [1.82, 2.24) is 14.8 Å². The number of carbonyl (C=O) groups is 1. The van der Waals surface area contributed by atoms with Gasteiger partial charge in [-0.15, -0.1) is 0 Å². The summed E-state index contributed by atoms with van der Waals surface area (Å²) in [5, 5.41) is 7.96. The van der Waals surface area contributed by atoms with Gasteiger partial charge in [-0.3, -0.25) is 4.79 Å². The smallest absolute Gasteiger partial charge is 0.231 e. The molecule has 4 rings (SSSR count). The number of aromatic nitrogens is 3. The minimum Gasteiger partial charge on any atom is -0.441 e. The quantitative estimate of drug-likeness (QED) is 0.507. The van der Waals surface area contributed by atoms with E-state index >= 15 is 0 Å². The molecule has 0 bridgehead atoms. The first-order valence-corrected chi connectivity index (χ1v) is 9.51. The summed E-state index contributed by atoms with van der Waals surface area (Å²) in [5.41, 5.74) is 3.03. The van der Waals surface area contributed by atoms with Crippen molar-refractivity contribution < 1.29 is 9.21 Å². The van der Waals surface area contributed by atoms with E-state index in [-0.39, 0.29) is 12.3 Å². The fraction of sp³-hybridized carbons (Fsp3) is 0.136. The predicted molar refractivity (Wildman–Crippen MR) is 112 cm³/mol. The van der Waals surface area contributed by atoms with Gasteiger partial charge in [-0.1, -0.05) is 35.9 Å². The van der Waals surface area contributed by atoms with Crippen molar-refractivity contribution in [3.05, 3.63) is 82.8 Å². The minimum absolute atomic E-state index is 0.0991. The van der Waals surface area contributed by atoms with Gasteiger partial charge in [0.15, 0.2) is 0 Å². The molecule has 0 aliphatic heterocycles. The third kappa shape index (κ3) is 4.22. The number of benzene rings is 2. The third-order valence-corrected chi connectivity index (χ3v) is 4.63. The van der Waals surface area contributed by atoms with Crippen molar-refractivity contribution in [1.29, 1.82) is 0 Å². The zero-order valence-electron chi connectivity index (χ0n) is 16.0. The Balaban J connectivity index is 1.54. The monoisotopic (exact) mass is 406 g/mol. The molecule has 2 heterocycles. The lowest BCUT2D eigenvalue weighted by Crippen LogP contribution is -2.17. The molecule has 6 nitrogen and oxygen atoms in total. The lowest BCUT2D eigenvalue weighted by atomic mass is 10.2. The van der Waals surface area contributed by atoms with Gasteiger partial charge >= 0.3 is 0 Å². The van der Waals surface area contributed by atoms with Crippen LogP contribution < -0.4 is 5.32 Å². The van der Waals surface area contributed by atoms with Gasteiger partial charge in [-0.05, 0) is 44.2 Å². The Labute approximate surface area is 173 Å². The van der Waals surface area contributed by atoms with E-state index in [1.165, 1.54) is 0 Å². The molecule has 7 heteroatoms. The fourth-order valence-corrected chi connectivity index (χ4v) is 3.21. The summed E-state index contributed by atoms with van der Waals surface area (Å²) in [4.78, 5) is 17.2. The molecule has 29 heavy (non-hydrogen) atoms. The lowest BCUT2D eigenvalue weighted by Gasteiger charge is -2.09. The second-order valence-corrected chi connectivity index (χ2v) is 7.11. The van der Waals surface area contributed by atoms with E-state index in [4.69, 9.17) is 16.0 Å². The number of amides is 1. The number of nitrogens with one attached hydrogen (secondary N) is 1. The van der Waals surface area contributed by atoms with Crippen LogP contribution in [0.25, 0.3) is 17.1 Å². The van der Waals surface area contributed by atoms with Crippen LogP contribution in [0.5, 0.6) is 0 Å². The Morgan fingerprint density at radius 3 is 2.66 bits per heavy atom. The molecular formula is C22H19ClN4O2. The van der Waals surface area contributed by atoms with Gasteiger partial charge < -0.3 is 9.73 Å². The van der Waals surface area contributed by atoms with E-state index < -0.39 is 0 Å². The number of rotatable bonds is 5. The first-order chi connectivity index (χ1) is 14.0. The fourth-order valence-electron chi connectivity index (χ4n) is 3.03. The number of carbonyl (C=O) groups excluding carboxylic acids is 1. The second-order valence-electron chi connectivity index (χ2n) is 6.68. The van der Waals surface area contributed by atoms with Crippen LogP contribution >= 0.6 is 11.6 Å². The van der Waals surface area contributed by atoms with Crippen molar-refractivity contribution in [2.24, 2.45) is 0 Å². The van der Waals surface area contributed by atoms with Crippen LogP contribution in [0.15, 0.2) is 65.1 Å². The normalized spacial score (nSPS) is 10.9. The third-order valence-electron chi connectivity index (χ3n) is 4.39. The number of hydrogen-bond acceptors (Lipinski definition) is 4. The molecule has 0 saturated carbocycles. The summed E-state index contributed by atoms with van der Waals surface area (Å²) in [6, 6.07) is 18.7. The SMILES string of the molecule is Cc1cc(NC(=O)Cc2nc(-c3ccccc3)oc2C)n(-c2cccc(Cl)c2)n1. The number of oxazole rings is 1. The molecule has 0 aliphatic rings. The number of aryl methyl sites for hydroxylation is 2. The molecule has 0 atom stereocenters. The van der Waals surface area contributed by atoms with E-state index in [2.05, 4.69) is 15.4 Å². The maximum Gasteiger partial charge on any atom is 0.231 e. The molecule has 0 unspecified atom stereocenters. The van der Waals surface area contributed by atoms with Crippen LogP contribution in [0.2, 0.25) is 5.02 Å². The van der Waals surface area contributed by atoms with Gasteiger partial charge in [0.1, 0.15) is 11.6 Å². The van der Waals surface area contributed by atoms with Gasteiger partial charge in [-0.2, -0.15) is 5.10 Å². The Morgan fingerprint density at radius 2 is 1.90 bits per heavy atom. The van der Waals surface area contributed by atoms with E-state index in [1.54, 1.807) is 16.8 Å². The molecular weight excluding hydrogens is 388 g/mol. The number of anilines is 1. The van der Waals surface area contributed by atoms with Crippen LogP contribution in [-0.4, -0.2) is 20.7 Å². The molecule has 1 amide bonds. The molecule has 1 N–H and O–H groups in total. The molecule has 0 saturated heterocycles. The number of halogens is 1. The zero-order valence-corrected chi connectivity index (χ0v) is 16.8. The van der Waals surface area contributed by atoms with Gasteiger partial charge in [0.2, 0.25) is 11.8 Å². The van der Waals surface area contributed by atoms with Gasteiger partial charge in [0, 0.05) is 16.7 Å².